The number of aliphatic hydroxyl groups excluding tert-OH is 2. The van der Waals surface area contributed by atoms with Gasteiger partial charge in [-0.1, -0.05) is 0 Å². The molecule has 2 heterocycles. The van der Waals surface area contributed by atoms with Crippen LogP contribution in [-0.4, -0.2) is 86.9 Å². The fourth-order valence-electron chi connectivity index (χ4n) is 4.69. The van der Waals surface area contributed by atoms with Crippen molar-refractivity contribution in [2.75, 3.05) is 13.1 Å². The summed E-state index contributed by atoms with van der Waals surface area (Å²) < 4.78 is 5.24. The Kier molecular flexibility index (Phi) is 6.10. The first kappa shape index (κ1) is 21.8. The maximum absolute atomic E-state index is 13.3. The molecule has 0 bridgehead atoms. The highest BCUT2D eigenvalue weighted by atomic mass is 16.6. The molecule has 3 amide bonds. The topological polar surface area (TPSA) is 119 Å². The molecule has 1 aliphatic carbocycles. The van der Waals surface area contributed by atoms with Crippen molar-refractivity contribution in [2.24, 2.45) is 5.92 Å². The Bertz CT molecular complexity index is 663. The van der Waals surface area contributed by atoms with Crippen molar-refractivity contribution in [1.82, 2.24) is 15.1 Å². The first-order valence-corrected chi connectivity index (χ1v) is 10.4. The molecule has 1 saturated carbocycles. The van der Waals surface area contributed by atoms with E-state index in [1.165, 1.54) is 0 Å². The van der Waals surface area contributed by atoms with E-state index >= 15 is 0 Å². The quantitative estimate of drug-likeness (QED) is 0.599. The molecule has 4 unspecified atom stereocenters. The Morgan fingerprint density at radius 2 is 1.86 bits per heavy atom. The van der Waals surface area contributed by atoms with Crippen LogP contribution >= 0.6 is 0 Å². The van der Waals surface area contributed by atoms with E-state index in [1.54, 1.807) is 32.6 Å². The van der Waals surface area contributed by atoms with Crippen molar-refractivity contribution < 1.29 is 29.3 Å². The third kappa shape index (κ3) is 4.66. The summed E-state index contributed by atoms with van der Waals surface area (Å²) in [7, 11) is 0. The second kappa shape index (κ2) is 8.10. The summed E-state index contributed by atoms with van der Waals surface area (Å²) in [5.41, 5.74) is -0.680. The lowest BCUT2D eigenvalue weighted by molar-refractivity contribution is -0.146. The normalized spacial score (nSPS) is 33.4. The zero-order valence-electron chi connectivity index (χ0n) is 17.6. The van der Waals surface area contributed by atoms with Crippen LogP contribution in [0.4, 0.5) is 4.79 Å². The number of nitrogens with zero attached hydrogens (tertiary/aromatic N) is 2. The highest BCUT2D eigenvalue weighted by Crippen LogP contribution is 2.36. The minimum absolute atomic E-state index is 0.0495. The van der Waals surface area contributed by atoms with E-state index in [0.717, 1.165) is 12.8 Å². The van der Waals surface area contributed by atoms with E-state index in [4.69, 9.17) is 4.74 Å². The largest absolute Gasteiger partial charge is 0.444 e. The van der Waals surface area contributed by atoms with Gasteiger partial charge in [-0.3, -0.25) is 9.59 Å². The third-order valence-electron chi connectivity index (χ3n) is 6.06. The van der Waals surface area contributed by atoms with Crippen LogP contribution in [0.2, 0.25) is 0 Å². The number of hydrogen-bond donors (Lipinski definition) is 3. The van der Waals surface area contributed by atoms with Gasteiger partial charge in [0.2, 0.25) is 11.8 Å². The minimum Gasteiger partial charge on any atom is -0.444 e. The predicted molar refractivity (Wildman–Crippen MR) is 104 cm³/mol. The van der Waals surface area contributed by atoms with Crippen molar-refractivity contribution >= 4 is 17.9 Å². The summed E-state index contributed by atoms with van der Waals surface area (Å²) in [5, 5.41) is 22.9. The molecule has 29 heavy (non-hydrogen) atoms. The van der Waals surface area contributed by atoms with Gasteiger partial charge < -0.3 is 30.1 Å². The fraction of sp³-hybridized carbons (Fsp3) is 0.850. The van der Waals surface area contributed by atoms with E-state index in [-0.39, 0.29) is 30.7 Å². The monoisotopic (exact) mass is 411 g/mol. The first-order valence-electron chi connectivity index (χ1n) is 10.4. The highest BCUT2D eigenvalue weighted by molar-refractivity contribution is 5.88. The second-order valence-corrected chi connectivity index (χ2v) is 9.47. The molecule has 3 fully saturated rings. The summed E-state index contributed by atoms with van der Waals surface area (Å²) in [6.45, 7) is 7.84. The summed E-state index contributed by atoms with van der Waals surface area (Å²) in [6, 6.07) is -1.40. The lowest BCUT2D eigenvalue weighted by Gasteiger charge is -2.41. The van der Waals surface area contributed by atoms with Gasteiger partial charge in [0.05, 0.1) is 18.1 Å². The van der Waals surface area contributed by atoms with Crippen LogP contribution in [0.1, 0.15) is 53.4 Å². The fourth-order valence-corrected chi connectivity index (χ4v) is 4.69. The number of hydrogen-bond acceptors (Lipinski definition) is 6. The number of aliphatic hydroxyl groups is 2. The van der Waals surface area contributed by atoms with E-state index in [2.05, 4.69) is 5.32 Å². The highest BCUT2D eigenvalue weighted by Gasteiger charge is 2.50. The average molecular weight is 411 g/mol. The van der Waals surface area contributed by atoms with Gasteiger partial charge >= 0.3 is 6.09 Å². The predicted octanol–water partition coefficient (Wildman–Crippen LogP) is 0.233. The number of ether oxygens (including phenoxy) is 1. The van der Waals surface area contributed by atoms with Gasteiger partial charge in [-0.2, -0.15) is 0 Å². The molecule has 0 spiro atoms. The number of carbonyl (C=O) groups excluding carboxylic acids is 3. The van der Waals surface area contributed by atoms with Crippen LogP contribution in [0, 0.1) is 5.92 Å². The number of nitrogens with one attached hydrogen (secondary N) is 1. The van der Waals surface area contributed by atoms with Gasteiger partial charge in [0.25, 0.3) is 0 Å². The molecule has 2 saturated heterocycles. The maximum Gasteiger partial charge on any atom is 0.408 e. The third-order valence-corrected chi connectivity index (χ3v) is 6.06. The number of carbonyl (C=O) groups is 3. The number of amides is 3. The molecule has 3 rings (SSSR count). The molecule has 6 atom stereocenters. The summed E-state index contributed by atoms with van der Waals surface area (Å²) in [4.78, 5) is 41.9. The Morgan fingerprint density at radius 3 is 2.52 bits per heavy atom. The van der Waals surface area contributed by atoms with Crippen LogP contribution in [-0.2, 0) is 14.3 Å². The van der Waals surface area contributed by atoms with Crippen LogP contribution in [0.3, 0.4) is 0 Å². The molecular weight excluding hydrogens is 378 g/mol. The molecule has 9 nitrogen and oxygen atoms in total. The van der Waals surface area contributed by atoms with Gasteiger partial charge in [-0.05, 0) is 53.4 Å². The van der Waals surface area contributed by atoms with Gasteiger partial charge in [0, 0.05) is 25.2 Å². The second-order valence-electron chi connectivity index (χ2n) is 9.47. The molecule has 0 aromatic carbocycles. The Labute approximate surface area is 171 Å². The molecular formula is C20H33N3O6. The number of alkyl carbamates (subject to hydrolysis) is 1. The Balaban J connectivity index is 1.80. The summed E-state index contributed by atoms with van der Waals surface area (Å²) in [6.07, 6.45) is -0.674. The zero-order chi connectivity index (χ0) is 21.5. The zero-order valence-corrected chi connectivity index (χ0v) is 17.6. The van der Waals surface area contributed by atoms with Gasteiger partial charge in [0.1, 0.15) is 11.6 Å². The van der Waals surface area contributed by atoms with Crippen molar-refractivity contribution in [1.29, 1.82) is 0 Å². The number of fused-ring (bicyclic) bond motifs is 2. The smallest absolute Gasteiger partial charge is 0.408 e. The minimum atomic E-state index is -0.985. The van der Waals surface area contributed by atoms with Crippen molar-refractivity contribution in [2.45, 2.75) is 89.3 Å². The van der Waals surface area contributed by atoms with E-state index < -0.39 is 41.9 Å². The van der Waals surface area contributed by atoms with Crippen LogP contribution < -0.4 is 5.32 Å². The molecule has 9 heteroatoms. The molecule has 3 N–H and O–H groups in total. The maximum atomic E-state index is 13.3. The standard InChI is InChI=1S/C20H33N3O6/c1-11(21-19(28)29-20(2,3)4)17(26)23-10-12-6-5-7-22(12)18(27)13-8-15(24)16(25)9-14(13)23/h11-16,24-25H,5-10H2,1-4H3,(H,21,28)/t11-,12-,13?,14?,15?,16?/m0/s1. The summed E-state index contributed by atoms with van der Waals surface area (Å²) >= 11 is 0. The molecule has 164 valence electrons. The molecule has 0 aromatic heterocycles. The van der Waals surface area contributed by atoms with Crippen molar-refractivity contribution in [3.63, 3.8) is 0 Å². The SMILES string of the molecule is C[C@H](NC(=O)OC(C)(C)C)C(=O)N1C[C@@H]2CCCN2C(=O)C2CC(O)C(O)CC21. The van der Waals surface area contributed by atoms with E-state index in [9.17, 15) is 24.6 Å². The van der Waals surface area contributed by atoms with Gasteiger partial charge in [0.15, 0.2) is 0 Å². The molecule has 2 aliphatic heterocycles. The molecule has 0 radical (unpaired) electrons. The average Bonchev–Trinajstić information content (AvgIpc) is 3.03. The molecule has 3 aliphatic rings. The number of rotatable bonds is 2. The van der Waals surface area contributed by atoms with Gasteiger partial charge in [-0.25, -0.2) is 4.79 Å². The van der Waals surface area contributed by atoms with E-state index in [0.29, 0.717) is 13.1 Å². The summed E-state index contributed by atoms with van der Waals surface area (Å²) in [5.74, 6) is -0.906. The Morgan fingerprint density at radius 1 is 1.21 bits per heavy atom. The molecule has 0 aromatic rings. The Hall–Kier alpha value is -1.87. The van der Waals surface area contributed by atoms with Gasteiger partial charge in [-0.15, -0.1) is 0 Å². The van der Waals surface area contributed by atoms with Crippen LogP contribution in [0.5, 0.6) is 0 Å². The van der Waals surface area contributed by atoms with Crippen LogP contribution in [0.15, 0.2) is 0 Å². The van der Waals surface area contributed by atoms with E-state index in [1.807, 2.05) is 4.90 Å². The lowest BCUT2D eigenvalue weighted by Crippen LogP contribution is -2.57. The lowest BCUT2D eigenvalue weighted by atomic mass is 9.79. The van der Waals surface area contributed by atoms with Crippen molar-refractivity contribution in [3.05, 3.63) is 0 Å². The van der Waals surface area contributed by atoms with Crippen molar-refractivity contribution in [3.8, 4) is 0 Å². The van der Waals surface area contributed by atoms with Crippen LogP contribution in [0.25, 0.3) is 0 Å². The first-order chi connectivity index (χ1) is 13.5.